The number of amides is 2. The summed E-state index contributed by atoms with van der Waals surface area (Å²) < 4.78 is 101. The van der Waals surface area contributed by atoms with Gasteiger partial charge in [-0.1, -0.05) is 0 Å². The summed E-state index contributed by atoms with van der Waals surface area (Å²) in [6, 6.07) is 1.56. The Morgan fingerprint density at radius 1 is 0.853 bits per heavy atom. The number of nitrogens with zero attached hydrogens (tertiary/aromatic N) is 1. The van der Waals surface area contributed by atoms with Crippen LogP contribution in [0.5, 0.6) is 11.5 Å². The van der Waals surface area contributed by atoms with Crippen LogP contribution < -0.4 is 21.3 Å². The first kappa shape index (κ1) is 22.8. The maximum absolute atomic E-state index is 14.6. The summed E-state index contributed by atoms with van der Waals surface area (Å²) in [5.74, 6) is -12.9. The van der Waals surface area contributed by atoms with Crippen LogP contribution in [0, 0.1) is 23.3 Å². The summed E-state index contributed by atoms with van der Waals surface area (Å²) in [6.07, 6.45) is -5.13. The number of nitrogens with two attached hydrogens (primary N) is 1. The number of rotatable bonds is 3. The average Bonchev–Trinajstić information content (AvgIpc) is 3.01. The zero-order valence-corrected chi connectivity index (χ0v) is 16.2. The fourth-order valence-corrected chi connectivity index (χ4v) is 3.25. The predicted octanol–water partition coefficient (Wildman–Crippen LogP) is 3.67. The van der Waals surface area contributed by atoms with Crippen LogP contribution >= 0.6 is 0 Å². The van der Waals surface area contributed by atoms with E-state index in [0.29, 0.717) is 22.8 Å². The van der Waals surface area contributed by atoms with Gasteiger partial charge in [0.25, 0.3) is 17.4 Å². The van der Waals surface area contributed by atoms with Gasteiger partial charge in [0.05, 0.1) is 22.4 Å². The Bertz CT molecular complexity index is 1440. The van der Waals surface area contributed by atoms with Gasteiger partial charge in [-0.15, -0.1) is 0 Å². The molecule has 0 saturated heterocycles. The molecule has 2 amide bonds. The van der Waals surface area contributed by atoms with Crippen molar-refractivity contribution in [3.63, 3.8) is 0 Å². The first-order chi connectivity index (χ1) is 15.8. The lowest BCUT2D eigenvalue weighted by molar-refractivity contribution is -0.138. The summed E-state index contributed by atoms with van der Waals surface area (Å²) in [6.45, 7) is 0. The molecule has 0 atom stereocenters. The minimum Gasteiger partial charge on any atom is -0.446 e. The molecule has 3 aromatic rings. The molecule has 0 aliphatic carbocycles. The molecule has 2 heterocycles. The van der Waals surface area contributed by atoms with E-state index in [1.54, 1.807) is 0 Å². The molecule has 14 heteroatoms. The minimum absolute atomic E-state index is 0.138. The van der Waals surface area contributed by atoms with Gasteiger partial charge >= 0.3 is 6.18 Å². The lowest BCUT2D eigenvalue weighted by Crippen LogP contribution is -2.24. The highest BCUT2D eigenvalue weighted by Gasteiger charge is 2.35. The van der Waals surface area contributed by atoms with Crippen molar-refractivity contribution < 1.29 is 45.1 Å². The first-order valence-corrected chi connectivity index (χ1v) is 8.95. The summed E-state index contributed by atoms with van der Waals surface area (Å²) in [5.41, 5.74) is 1.27. The van der Waals surface area contributed by atoms with Crippen LogP contribution in [0.4, 0.5) is 36.6 Å². The fourth-order valence-electron chi connectivity index (χ4n) is 3.25. The molecule has 0 fully saturated rings. The third kappa shape index (κ3) is 3.52. The van der Waals surface area contributed by atoms with Crippen molar-refractivity contribution in [2.24, 2.45) is 0 Å². The molecule has 2 aromatic carbocycles. The highest BCUT2D eigenvalue weighted by molar-refractivity contribution is 6.23. The number of alkyl halides is 3. The molecule has 176 valence electrons. The predicted molar refractivity (Wildman–Crippen MR) is 99.6 cm³/mol. The van der Waals surface area contributed by atoms with Crippen LogP contribution in [0.1, 0.15) is 26.3 Å². The monoisotopic (exact) mass is 487 g/mol. The number of imide groups is 1. The van der Waals surface area contributed by atoms with E-state index in [1.807, 2.05) is 5.32 Å². The van der Waals surface area contributed by atoms with Gasteiger partial charge in [0, 0.05) is 6.07 Å². The third-order valence-corrected chi connectivity index (χ3v) is 4.75. The minimum atomic E-state index is -5.13. The normalized spacial score (nSPS) is 13.1. The number of hydrogen-bond donors (Lipinski definition) is 2. The zero-order chi connectivity index (χ0) is 25.1. The quantitative estimate of drug-likeness (QED) is 0.434. The second kappa shape index (κ2) is 7.60. The Morgan fingerprint density at radius 3 is 2.06 bits per heavy atom. The standard InChI is InChI=1S/C20H8F7N3O4/c21-8-1-2-11(30-12(31)5-7-13(17(30)28)19(33)29-18(7)32)16(14(8)24)34-15-9(22)3-6(4-10(15)23)20(25,26)27/h1-5H,28H2,(H,29,32,33). The molecule has 1 aliphatic rings. The summed E-state index contributed by atoms with van der Waals surface area (Å²) in [7, 11) is 0. The van der Waals surface area contributed by atoms with E-state index in [-0.39, 0.29) is 12.1 Å². The van der Waals surface area contributed by atoms with Gasteiger partial charge in [-0.2, -0.15) is 17.6 Å². The number of halogens is 7. The molecule has 1 aromatic heterocycles. The van der Waals surface area contributed by atoms with E-state index in [4.69, 9.17) is 10.5 Å². The van der Waals surface area contributed by atoms with Gasteiger partial charge in [-0.25, -0.2) is 13.2 Å². The van der Waals surface area contributed by atoms with Crippen LogP contribution in [0.25, 0.3) is 5.69 Å². The molecule has 0 radical (unpaired) electrons. The number of carbonyl (C=O) groups is 2. The molecule has 0 unspecified atom stereocenters. The molecular formula is C20H8F7N3O4. The van der Waals surface area contributed by atoms with E-state index in [1.165, 1.54) is 0 Å². The van der Waals surface area contributed by atoms with Crippen molar-refractivity contribution in [2.45, 2.75) is 6.18 Å². The highest BCUT2D eigenvalue weighted by Crippen LogP contribution is 2.39. The lowest BCUT2D eigenvalue weighted by atomic mass is 10.1. The number of benzene rings is 2. The number of hydrogen-bond acceptors (Lipinski definition) is 5. The number of nitrogen functional groups attached to an aromatic ring is 1. The summed E-state index contributed by atoms with van der Waals surface area (Å²) >= 11 is 0. The number of carbonyl (C=O) groups excluding carboxylic acids is 2. The van der Waals surface area contributed by atoms with Crippen molar-refractivity contribution in [2.75, 3.05) is 5.73 Å². The smallest absolute Gasteiger partial charge is 0.416 e. The Morgan fingerprint density at radius 2 is 1.47 bits per heavy atom. The van der Waals surface area contributed by atoms with E-state index >= 15 is 0 Å². The maximum Gasteiger partial charge on any atom is 0.416 e. The topological polar surface area (TPSA) is 103 Å². The molecule has 0 bridgehead atoms. The molecule has 1 aliphatic heterocycles. The van der Waals surface area contributed by atoms with Crippen molar-refractivity contribution in [1.29, 1.82) is 0 Å². The molecule has 3 N–H and O–H groups in total. The van der Waals surface area contributed by atoms with Gasteiger partial charge in [0.1, 0.15) is 5.82 Å². The summed E-state index contributed by atoms with van der Waals surface area (Å²) in [4.78, 5) is 36.4. The third-order valence-electron chi connectivity index (χ3n) is 4.75. The van der Waals surface area contributed by atoms with Gasteiger partial charge in [0.15, 0.2) is 29.0 Å². The second-order valence-electron chi connectivity index (χ2n) is 6.85. The fraction of sp³-hybridized carbons (Fsp3) is 0.0500. The molecule has 4 rings (SSSR count). The number of aromatic nitrogens is 1. The number of pyridine rings is 1. The van der Waals surface area contributed by atoms with E-state index in [2.05, 4.69) is 0 Å². The number of anilines is 1. The van der Waals surface area contributed by atoms with E-state index in [9.17, 15) is 45.1 Å². The molecule has 0 spiro atoms. The highest BCUT2D eigenvalue weighted by atomic mass is 19.4. The Hall–Kier alpha value is -4.36. The Kier molecular flexibility index (Phi) is 5.10. The lowest BCUT2D eigenvalue weighted by Gasteiger charge is -2.18. The van der Waals surface area contributed by atoms with E-state index < -0.39 is 86.5 Å². The zero-order valence-electron chi connectivity index (χ0n) is 16.2. The first-order valence-electron chi connectivity index (χ1n) is 8.95. The number of nitrogens with one attached hydrogen (secondary N) is 1. The van der Waals surface area contributed by atoms with Crippen molar-refractivity contribution >= 4 is 17.6 Å². The second-order valence-corrected chi connectivity index (χ2v) is 6.85. The van der Waals surface area contributed by atoms with Crippen LogP contribution in [0.2, 0.25) is 0 Å². The SMILES string of the molecule is Nc1c2c(cc(=O)n1-c1ccc(F)c(F)c1Oc1c(F)cc(C(F)(F)F)cc1F)C(=O)NC2=O. The molecular weight excluding hydrogens is 479 g/mol. The van der Waals surface area contributed by atoms with Crippen LogP contribution in [0.3, 0.4) is 0 Å². The largest absolute Gasteiger partial charge is 0.446 e. The Balaban J connectivity index is 1.94. The molecule has 34 heavy (non-hydrogen) atoms. The van der Waals surface area contributed by atoms with Crippen molar-refractivity contribution in [3.8, 4) is 17.2 Å². The van der Waals surface area contributed by atoms with Gasteiger partial charge in [-0.3, -0.25) is 24.3 Å². The Labute approximate surface area is 183 Å². The van der Waals surface area contributed by atoms with Gasteiger partial charge < -0.3 is 10.5 Å². The van der Waals surface area contributed by atoms with E-state index in [0.717, 1.165) is 0 Å². The van der Waals surface area contributed by atoms with Crippen molar-refractivity contribution in [1.82, 2.24) is 9.88 Å². The number of fused-ring (bicyclic) bond motifs is 1. The maximum atomic E-state index is 14.6. The van der Waals surface area contributed by atoms with Gasteiger partial charge in [-0.05, 0) is 24.3 Å². The van der Waals surface area contributed by atoms with Crippen molar-refractivity contribution in [3.05, 3.63) is 80.6 Å². The van der Waals surface area contributed by atoms with Crippen LogP contribution in [-0.2, 0) is 6.18 Å². The molecule has 0 saturated carbocycles. The van der Waals surface area contributed by atoms with Gasteiger partial charge in [0.2, 0.25) is 5.82 Å². The van der Waals surface area contributed by atoms with Crippen LogP contribution in [0.15, 0.2) is 35.1 Å². The summed E-state index contributed by atoms with van der Waals surface area (Å²) in [5, 5.41) is 1.87. The number of ether oxygens (including phenoxy) is 1. The average molecular weight is 487 g/mol. The molecule has 7 nitrogen and oxygen atoms in total. The van der Waals surface area contributed by atoms with Crippen LogP contribution in [-0.4, -0.2) is 16.4 Å².